The molecule has 0 amide bonds. The SMILES string of the molecule is CCC(C)(Pc1c(C)cccc1P(c1ccccc1)c1ccccc1)c1cc(C)cc(C(C)(C)C)c1OCOC. The minimum absolute atomic E-state index is 0.0512. The second kappa shape index (κ2) is 13.0. The minimum Gasteiger partial charge on any atom is -0.467 e. The lowest BCUT2D eigenvalue weighted by atomic mass is 9.81. The highest BCUT2D eigenvalue weighted by Gasteiger charge is 2.34. The summed E-state index contributed by atoms with van der Waals surface area (Å²) in [4.78, 5) is 0. The summed E-state index contributed by atoms with van der Waals surface area (Å²) in [5.74, 6) is 0.986. The van der Waals surface area contributed by atoms with Gasteiger partial charge in [-0.1, -0.05) is 140 Å². The van der Waals surface area contributed by atoms with Crippen molar-refractivity contribution in [3.63, 3.8) is 0 Å². The van der Waals surface area contributed by atoms with E-state index in [4.69, 9.17) is 9.47 Å². The molecule has 2 atom stereocenters. The Labute approximate surface area is 245 Å². The molecule has 0 saturated carbocycles. The maximum atomic E-state index is 6.42. The van der Waals surface area contributed by atoms with E-state index < -0.39 is 7.92 Å². The first kappa shape index (κ1) is 30.5. The van der Waals surface area contributed by atoms with Gasteiger partial charge in [0.15, 0.2) is 6.79 Å². The van der Waals surface area contributed by atoms with E-state index in [1.165, 1.54) is 43.5 Å². The normalized spacial score (nSPS) is 13.6. The largest absolute Gasteiger partial charge is 0.467 e. The average molecular weight is 571 g/mol. The van der Waals surface area contributed by atoms with Gasteiger partial charge in [0.2, 0.25) is 0 Å². The zero-order chi connectivity index (χ0) is 28.9. The lowest BCUT2D eigenvalue weighted by Gasteiger charge is -2.36. The first-order valence-corrected chi connectivity index (χ1v) is 16.5. The van der Waals surface area contributed by atoms with E-state index in [0.717, 1.165) is 12.2 Å². The topological polar surface area (TPSA) is 18.5 Å². The summed E-state index contributed by atoms with van der Waals surface area (Å²) in [6.07, 6.45) is 1.00. The number of aryl methyl sites for hydroxylation is 2. The molecule has 0 aromatic heterocycles. The monoisotopic (exact) mass is 570 g/mol. The van der Waals surface area contributed by atoms with E-state index in [1.807, 2.05) is 0 Å². The summed E-state index contributed by atoms with van der Waals surface area (Å²) in [7, 11) is 1.57. The molecule has 0 N–H and O–H groups in total. The molecular weight excluding hydrogens is 526 g/mol. The van der Waals surface area contributed by atoms with Crippen molar-refractivity contribution in [2.45, 2.75) is 65.5 Å². The van der Waals surface area contributed by atoms with Gasteiger partial charge in [0, 0.05) is 23.4 Å². The predicted octanol–water partition coefficient (Wildman–Crippen LogP) is 7.97. The van der Waals surface area contributed by atoms with Crippen LogP contribution in [-0.4, -0.2) is 13.9 Å². The Kier molecular flexibility index (Phi) is 9.89. The van der Waals surface area contributed by atoms with Crippen LogP contribution in [0.1, 0.15) is 63.3 Å². The smallest absolute Gasteiger partial charge is 0.188 e. The molecule has 2 nitrogen and oxygen atoms in total. The van der Waals surface area contributed by atoms with Crippen LogP contribution in [0.3, 0.4) is 0 Å². The number of hydrogen-bond donors (Lipinski definition) is 0. The molecule has 4 aromatic rings. The highest BCUT2D eigenvalue weighted by molar-refractivity contribution is 7.81. The summed E-state index contributed by atoms with van der Waals surface area (Å²) in [6.45, 7) is 16.3. The Morgan fingerprint density at radius 1 is 0.750 bits per heavy atom. The summed E-state index contributed by atoms with van der Waals surface area (Å²) >= 11 is 0. The number of ether oxygens (including phenoxy) is 2. The maximum Gasteiger partial charge on any atom is 0.188 e. The highest BCUT2D eigenvalue weighted by atomic mass is 31.1. The zero-order valence-corrected chi connectivity index (χ0v) is 27.2. The summed E-state index contributed by atoms with van der Waals surface area (Å²) in [5.41, 5.74) is 5.11. The van der Waals surface area contributed by atoms with Crippen molar-refractivity contribution in [2.75, 3.05) is 13.9 Å². The number of methoxy groups -OCH3 is 1. The Morgan fingerprint density at radius 2 is 1.32 bits per heavy atom. The number of benzene rings is 4. The molecule has 0 aliphatic heterocycles. The molecule has 40 heavy (non-hydrogen) atoms. The Hall–Kier alpha value is -2.50. The maximum absolute atomic E-state index is 6.42. The number of hydrogen-bond acceptors (Lipinski definition) is 2. The molecule has 0 aliphatic rings. The van der Waals surface area contributed by atoms with E-state index in [2.05, 4.69) is 139 Å². The lowest BCUT2D eigenvalue weighted by Crippen LogP contribution is -2.33. The van der Waals surface area contributed by atoms with Crippen LogP contribution >= 0.6 is 16.5 Å². The Morgan fingerprint density at radius 3 is 1.85 bits per heavy atom. The van der Waals surface area contributed by atoms with Crippen LogP contribution in [0.2, 0.25) is 0 Å². The predicted molar refractivity (Wildman–Crippen MR) is 178 cm³/mol. The Bertz CT molecular complexity index is 1370. The molecule has 0 bridgehead atoms. The van der Waals surface area contributed by atoms with Crippen LogP contribution < -0.4 is 26.0 Å². The second-order valence-electron chi connectivity index (χ2n) is 11.8. The fourth-order valence-electron chi connectivity index (χ4n) is 5.22. The molecule has 2 unspecified atom stereocenters. The van der Waals surface area contributed by atoms with E-state index in [0.29, 0.717) is 8.58 Å². The minimum atomic E-state index is -0.702. The van der Waals surface area contributed by atoms with Crippen LogP contribution in [0.25, 0.3) is 0 Å². The van der Waals surface area contributed by atoms with Gasteiger partial charge in [-0.25, -0.2) is 0 Å². The van der Waals surface area contributed by atoms with Gasteiger partial charge in [-0.2, -0.15) is 0 Å². The van der Waals surface area contributed by atoms with Gasteiger partial charge >= 0.3 is 0 Å². The molecule has 0 spiro atoms. The van der Waals surface area contributed by atoms with E-state index in [-0.39, 0.29) is 17.4 Å². The van der Waals surface area contributed by atoms with Crippen LogP contribution in [0.15, 0.2) is 91.0 Å². The van der Waals surface area contributed by atoms with Gasteiger partial charge in [-0.15, -0.1) is 0 Å². The summed E-state index contributed by atoms with van der Waals surface area (Å²) < 4.78 is 11.8. The van der Waals surface area contributed by atoms with Crippen molar-refractivity contribution < 1.29 is 9.47 Å². The quantitative estimate of drug-likeness (QED) is 0.142. The van der Waals surface area contributed by atoms with Crippen molar-refractivity contribution in [1.29, 1.82) is 0 Å². The Balaban J connectivity index is 1.92. The van der Waals surface area contributed by atoms with E-state index >= 15 is 0 Å². The third kappa shape index (κ3) is 6.69. The molecule has 4 aromatic carbocycles. The van der Waals surface area contributed by atoms with Crippen LogP contribution in [0.4, 0.5) is 0 Å². The van der Waals surface area contributed by atoms with Crippen molar-refractivity contribution in [3.05, 3.63) is 113 Å². The van der Waals surface area contributed by atoms with Gasteiger partial charge in [0.1, 0.15) is 5.75 Å². The van der Waals surface area contributed by atoms with Crippen molar-refractivity contribution in [2.24, 2.45) is 0 Å². The van der Waals surface area contributed by atoms with E-state index in [9.17, 15) is 0 Å². The van der Waals surface area contributed by atoms with Gasteiger partial charge in [-0.3, -0.25) is 0 Å². The fraction of sp³-hybridized carbons (Fsp3) is 0.333. The van der Waals surface area contributed by atoms with Crippen molar-refractivity contribution >= 4 is 37.7 Å². The molecule has 0 heterocycles. The molecule has 0 aliphatic carbocycles. The van der Waals surface area contributed by atoms with Gasteiger partial charge in [-0.05, 0) is 60.4 Å². The molecular formula is C36H44O2P2. The molecule has 4 heteroatoms. The van der Waals surface area contributed by atoms with Gasteiger partial charge in [0.25, 0.3) is 0 Å². The first-order chi connectivity index (χ1) is 19.1. The first-order valence-electron chi connectivity index (χ1n) is 14.1. The summed E-state index contributed by atoms with van der Waals surface area (Å²) in [6, 6.07) is 33.6. The average Bonchev–Trinajstić information content (AvgIpc) is 2.94. The second-order valence-corrected chi connectivity index (χ2v) is 15.8. The summed E-state index contributed by atoms with van der Waals surface area (Å²) in [5, 5.41) is 5.58. The van der Waals surface area contributed by atoms with Gasteiger partial charge < -0.3 is 9.47 Å². The molecule has 0 radical (unpaired) electrons. The van der Waals surface area contributed by atoms with Crippen molar-refractivity contribution in [1.82, 2.24) is 0 Å². The molecule has 0 saturated heterocycles. The third-order valence-electron chi connectivity index (χ3n) is 7.59. The van der Waals surface area contributed by atoms with Crippen LogP contribution in [0, 0.1) is 13.8 Å². The lowest BCUT2D eigenvalue weighted by molar-refractivity contribution is 0.0487. The highest BCUT2D eigenvalue weighted by Crippen LogP contribution is 2.51. The third-order valence-corrected chi connectivity index (χ3v) is 12.4. The van der Waals surface area contributed by atoms with E-state index in [1.54, 1.807) is 7.11 Å². The molecule has 4 rings (SSSR count). The standard InChI is InChI=1S/C36H44O2P2/c1-9-36(7,31-24-26(2)23-30(35(4,5)6)33(31)38-25-37-8)39-34-27(3)17-16-22-32(34)40(28-18-12-10-13-19-28)29-20-14-11-15-21-29/h10-24,39H,9,25H2,1-8H3. The number of rotatable bonds is 10. The van der Waals surface area contributed by atoms with Crippen LogP contribution in [0.5, 0.6) is 5.75 Å². The van der Waals surface area contributed by atoms with Crippen LogP contribution in [-0.2, 0) is 15.3 Å². The molecule has 0 fully saturated rings. The zero-order valence-electron chi connectivity index (χ0n) is 25.3. The van der Waals surface area contributed by atoms with Crippen molar-refractivity contribution in [3.8, 4) is 5.75 Å². The fourth-order valence-corrected chi connectivity index (χ4v) is 9.69. The molecule has 210 valence electrons. The van der Waals surface area contributed by atoms with Gasteiger partial charge in [0.05, 0.1) is 0 Å².